The van der Waals surface area contributed by atoms with Crippen molar-refractivity contribution in [2.45, 2.75) is 13.0 Å². The van der Waals surface area contributed by atoms with Gasteiger partial charge in [-0.25, -0.2) is 9.59 Å². The zero-order valence-electron chi connectivity index (χ0n) is 7.62. The molecule has 0 aliphatic carbocycles. The predicted octanol–water partition coefficient (Wildman–Crippen LogP) is 0.00520. The highest BCUT2D eigenvalue weighted by atomic mass is 16.6. The molecule has 0 N–H and O–H groups in total. The van der Waals surface area contributed by atoms with Gasteiger partial charge in [0, 0.05) is 0 Å². The van der Waals surface area contributed by atoms with Crippen molar-refractivity contribution in [2.24, 2.45) is 0 Å². The molecule has 1 aliphatic rings. The fourth-order valence-electron chi connectivity index (χ4n) is 1.13. The quantitative estimate of drug-likeness (QED) is 0.568. The summed E-state index contributed by atoms with van der Waals surface area (Å²) in [6, 6.07) is 0. The fourth-order valence-corrected chi connectivity index (χ4v) is 1.13. The summed E-state index contributed by atoms with van der Waals surface area (Å²) in [4.78, 5) is 22.2. The van der Waals surface area contributed by atoms with E-state index in [0.29, 0.717) is 0 Å². The van der Waals surface area contributed by atoms with Crippen molar-refractivity contribution in [3.05, 3.63) is 11.3 Å². The minimum absolute atomic E-state index is 0.0700. The molecule has 0 aromatic rings. The van der Waals surface area contributed by atoms with E-state index in [9.17, 15) is 9.59 Å². The lowest BCUT2D eigenvalue weighted by Crippen LogP contribution is -2.15. The average Bonchev–Trinajstić information content (AvgIpc) is 2.39. The Morgan fingerprint density at radius 3 is 2.54 bits per heavy atom. The molecular formula is C8H10O5. The van der Waals surface area contributed by atoms with Crippen molar-refractivity contribution in [3.63, 3.8) is 0 Å². The summed E-state index contributed by atoms with van der Waals surface area (Å²) in [5.41, 5.74) is 0.134. The maximum atomic E-state index is 11.1. The van der Waals surface area contributed by atoms with Crippen LogP contribution in [-0.2, 0) is 23.8 Å². The summed E-state index contributed by atoms with van der Waals surface area (Å²) in [6.07, 6.45) is -0.602. The van der Waals surface area contributed by atoms with Crippen molar-refractivity contribution in [3.8, 4) is 0 Å². The van der Waals surface area contributed by atoms with Gasteiger partial charge in [0.05, 0.1) is 14.2 Å². The van der Waals surface area contributed by atoms with Gasteiger partial charge in [-0.1, -0.05) is 0 Å². The first-order valence-corrected chi connectivity index (χ1v) is 3.69. The average molecular weight is 186 g/mol. The van der Waals surface area contributed by atoms with E-state index >= 15 is 0 Å². The highest BCUT2D eigenvalue weighted by Crippen LogP contribution is 2.23. The van der Waals surface area contributed by atoms with Crippen LogP contribution in [0.15, 0.2) is 11.3 Å². The summed E-state index contributed by atoms with van der Waals surface area (Å²) in [5.74, 6) is -1.30. The summed E-state index contributed by atoms with van der Waals surface area (Å²) in [5, 5.41) is 0. The van der Waals surface area contributed by atoms with Crippen LogP contribution in [0.2, 0.25) is 0 Å². The van der Waals surface area contributed by atoms with E-state index < -0.39 is 18.0 Å². The molecular weight excluding hydrogens is 176 g/mol. The number of cyclic esters (lactones) is 1. The van der Waals surface area contributed by atoms with Crippen LogP contribution in [0.1, 0.15) is 6.92 Å². The van der Waals surface area contributed by atoms with Crippen LogP contribution < -0.4 is 0 Å². The number of hydrogen-bond acceptors (Lipinski definition) is 5. The number of methoxy groups -OCH3 is 2. The smallest absolute Gasteiger partial charge is 0.374 e. The van der Waals surface area contributed by atoms with Crippen LogP contribution in [0.4, 0.5) is 0 Å². The predicted molar refractivity (Wildman–Crippen MR) is 41.6 cm³/mol. The van der Waals surface area contributed by atoms with Crippen LogP contribution in [0.5, 0.6) is 0 Å². The monoisotopic (exact) mass is 186 g/mol. The van der Waals surface area contributed by atoms with E-state index in [1.54, 1.807) is 6.92 Å². The Hall–Kier alpha value is -1.52. The number of carbonyl (C=O) groups is 2. The molecule has 13 heavy (non-hydrogen) atoms. The van der Waals surface area contributed by atoms with Gasteiger partial charge >= 0.3 is 11.9 Å². The van der Waals surface area contributed by atoms with Crippen LogP contribution in [0.3, 0.4) is 0 Å². The summed E-state index contributed by atoms with van der Waals surface area (Å²) in [6.45, 7) is 1.58. The first kappa shape index (κ1) is 9.57. The number of esters is 2. The van der Waals surface area contributed by atoms with Crippen molar-refractivity contribution in [1.29, 1.82) is 0 Å². The van der Waals surface area contributed by atoms with E-state index in [-0.39, 0.29) is 11.3 Å². The second-order valence-corrected chi connectivity index (χ2v) is 2.49. The van der Waals surface area contributed by atoms with Crippen molar-refractivity contribution in [2.75, 3.05) is 14.2 Å². The Morgan fingerprint density at radius 1 is 1.46 bits per heavy atom. The lowest BCUT2D eigenvalue weighted by Gasteiger charge is -2.04. The van der Waals surface area contributed by atoms with Crippen molar-refractivity contribution >= 4 is 11.9 Å². The second kappa shape index (κ2) is 3.47. The molecule has 0 amide bonds. The molecule has 0 aromatic carbocycles. The third-order valence-electron chi connectivity index (χ3n) is 1.73. The molecule has 0 bridgehead atoms. The molecule has 0 spiro atoms. The molecule has 0 aromatic heterocycles. The molecule has 0 saturated heterocycles. The van der Waals surface area contributed by atoms with Crippen LogP contribution >= 0.6 is 0 Å². The lowest BCUT2D eigenvalue weighted by molar-refractivity contribution is -0.142. The van der Waals surface area contributed by atoms with Gasteiger partial charge in [0.1, 0.15) is 11.7 Å². The van der Waals surface area contributed by atoms with E-state index in [1.807, 2.05) is 0 Å². The standard InChI is InChI=1S/C8H10O5/c1-4-5(7(9)12-3)6(11-2)8(10)13-4/h4H,1-3H3. The van der Waals surface area contributed by atoms with Gasteiger partial charge in [-0.3, -0.25) is 0 Å². The molecule has 0 radical (unpaired) electrons. The molecule has 1 unspecified atom stereocenters. The first-order chi connectivity index (χ1) is 6.11. The van der Waals surface area contributed by atoms with Gasteiger partial charge in [0.15, 0.2) is 0 Å². The van der Waals surface area contributed by atoms with Crippen LogP contribution in [0, 0.1) is 0 Å². The molecule has 5 nitrogen and oxygen atoms in total. The maximum Gasteiger partial charge on any atom is 0.374 e. The highest BCUT2D eigenvalue weighted by Gasteiger charge is 2.37. The number of hydrogen-bond donors (Lipinski definition) is 0. The Kier molecular flexibility index (Phi) is 2.55. The molecule has 72 valence electrons. The third-order valence-corrected chi connectivity index (χ3v) is 1.73. The summed E-state index contributed by atoms with van der Waals surface area (Å²) < 4.78 is 14.0. The molecule has 5 heteroatoms. The van der Waals surface area contributed by atoms with E-state index in [1.165, 1.54) is 14.2 Å². The SMILES string of the molecule is COC(=O)C1=C(OC)C(=O)OC1C. The Morgan fingerprint density at radius 2 is 2.08 bits per heavy atom. The largest absolute Gasteiger partial charge is 0.489 e. The maximum absolute atomic E-state index is 11.1. The molecule has 1 rings (SSSR count). The van der Waals surface area contributed by atoms with E-state index in [2.05, 4.69) is 4.74 Å². The number of carbonyl (C=O) groups excluding carboxylic acids is 2. The highest BCUT2D eigenvalue weighted by molar-refractivity contribution is 6.02. The summed E-state index contributed by atoms with van der Waals surface area (Å²) in [7, 11) is 2.54. The summed E-state index contributed by atoms with van der Waals surface area (Å²) >= 11 is 0. The Balaban J connectivity index is 3.06. The van der Waals surface area contributed by atoms with Gasteiger partial charge in [-0.15, -0.1) is 0 Å². The lowest BCUT2D eigenvalue weighted by atomic mass is 10.1. The van der Waals surface area contributed by atoms with Gasteiger partial charge in [0.2, 0.25) is 5.76 Å². The number of ether oxygens (including phenoxy) is 3. The molecule has 0 saturated carbocycles. The van der Waals surface area contributed by atoms with E-state index in [4.69, 9.17) is 9.47 Å². The third kappa shape index (κ3) is 1.49. The van der Waals surface area contributed by atoms with Gasteiger partial charge in [0.25, 0.3) is 0 Å². The van der Waals surface area contributed by atoms with Gasteiger partial charge < -0.3 is 14.2 Å². The number of rotatable bonds is 2. The van der Waals surface area contributed by atoms with Crippen LogP contribution in [-0.4, -0.2) is 32.3 Å². The molecule has 0 fully saturated rings. The minimum Gasteiger partial charge on any atom is -0.489 e. The Bertz CT molecular complexity index is 278. The molecule has 1 atom stereocenters. The van der Waals surface area contributed by atoms with E-state index in [0.717, 1.165) is 0 Å². The zero-order valence-corrected chi connectivity index (χ0v) is 7.62. The van der Waals surface area contributed by atoms with Crippen molar-refractivity contribution in [1.82, 2.24) is 0 Å². The minimum atomic E-state index is -0.629. The van der Waals surface area contributed by atoms with Gasteiger partial charge in [-0.2, -0.15) is 0 Å². The van der Waals surface area contributed by atoms with Crippen molar-refractivity contribution < 1.29 is 23.8 Å². The Labute approximate surface area is 75.3 Å². The van der Waals surface area contributed by atoms with Crippen LogP contribution in [0.25, 0.3) is 0 Å². The molecule has 1 heterocycles. The van der Waals surface area contributed by atoms with Gasteiger partial charge in [-0.05, 0) is 6.92 Å². The zero-order chi connectivity index (χ0) is 10.0. The second-order valence-electron chi connectivity index (χ2n) is 2.49. The normalized spacial score (nSPS) is 21.5. The first-order valence-electron chi connectivity index (χ1n) is 3.69. The fraction of sp³-hybridized carbons (Fsp3) is 0.500. The molecule has 1 aliphatic heterocycles. The topological polar surface area (TPSA) is 61.8 Å².